The molecule has 8 nitrogen and oxygen atoms in total. The van der Waals surface area contributed by atoms with Gasteiger partial charge in [0.1, 0.15) is 0 Å². The molecule has 1 aliphatic rings. The number of carbonyl (C=O) groups excluding carboxylic acids is 3. The lowest BCUT2D eigenvalue weighted by Crippen LogP contribution is -2.44. The highest BCUT2D eigenvalue weighted by Crippen LogP contribution is 1.98. The maximum absolute atomic E-state index is 11.2. The molecule has 4 amide bonds. The monoisotopic (exact) mass is 241 g/mol. The Hall–Kier alpha value is -2.38. The van der Waals surface area contributed by atoms with Crippen LogP contribution in [0.4, 0.5) is 4.79 Å². The molecule has 17 heavy (non-hydrogen) atoms. The number of hydrogen-bond acceptors (Lipinski definition) is 4. The molecule has 0 aliphatic carbocycles. The van der Waals surface area contributed by atoms with Crippen LogP contribution < -0.4 is 16.0 Å². The first kappa shape index (κ1) is 12.7. The van der Waals surface area contributed by atoms with Crippen molar-refractivity contribution in [3.05, 3.63) is 12.2 Å². The molecule has 0 radical (unpaired) electrons. The molecule has 1 unspecified atom stereocenters. The molecule has 1 rings (SSSR count). The lowest BCUT2D eigenvalue weighted by Gasteiger charge is -2.09. The van der Waals surface area contributed by atoms with Crippen molar-refractivity contribution in [2.45, 2.75) is 12.5 Å². The summed E-state index contributed by atoms with van der Waals surface area (Å²) in [6, 6.07) is -1.13. The number of urea groups is 1. The maximum Gasteiger partial charge on any atom is 0.328 e. The van der Waals surface area contributed by atoms with Crippen LogP contribution in [0.3, 0.4) is 0 Å². The quantitative estimate of drug-likeness (QED) is 0.440. The molecular formula is C9H11N3O5. The number of carboxylic acid groups (broad SMARTS) is 1. The fraction of sp³-hybridized carbons (Fsp3) is 0.333. The number of imide groups is 1. The molecule has 4 N–H and O–H groups in total. The molecule has 0 aromatic rings. The van der Waals surface area contributed by atoms with Gasteiger partial charge < -0.3 is 15.7 Å². The maximum atomic E-state index is 11.2. The summed E-state index contributed by atoms with van der Waals surface area (Å²) in [5.74, 6) is -2.30. The van der Waals surface area contributed by atoms with Crippen LogP contribution in [0.15, 0.2) is 12.2 Å². The molecule has 0 spiro atoms. The second kappa shape index (κ2) is 5.64. The van der Waals surface area contributed by atoms with Gasteiger partial charge in [0.2, 0.25) is 5.91 Å². The van der Waals surface area contributed by atoms with E-state index in [2.05, 4.69) is 10.6 Å². The summed E-state index contributed by atoms with van der Waals surface area (Å²) in [7, 11) is 0. The summed E-state index contributed by atoms with van der Waals surface area (Å²) < 4.78 is 0. The molecule has 0 aromatic carbocycles. The molecule has 92 valence electrons. The Labute approximate surface area is 96.1 Å². The average molecular weight is 241 g/mol. The van der Waals surface area contributed by atoms with E-state index in [1.807, 2.05) is 5.32 Å². The Bertz CT molecular complexity index is 390. The van der Waals surface area contributed by atoms with Crippen molar-refractivity contribution in [1.82, 2.24) is 16.0 Å². The largest absolute Gasteiger partial charge is 0.478 e. The van der Waals surface area contributed by atoms with Gasteiger partial charge >= 0.3 is 12.0 Å². The minimum Gasteiger partial charge on any atom is -0.478 e. The summed E-state index contributed by atoms with van der Waals surface area (Å²) in [6.07, 6.45) is 1.50. The predicted molar refractivity (Wildman–Crippen MR) is 54.9 cm³/mol. The summed E-state index contributed by atoms with van der Waals surface area (Å²) in [4.78, 5) is 43.1. The fourth-order valence-corrected chi connectivity index (χ4v) is 1.23. The fourth-order valence-electron chi connectivity index (χ4n) is 1.23. The first-order valence-corrected chi connectivity index (χ1v) is 4.76. The number of amides is 4. The van der Waals surface area contributed by atoms with Crippen molar-refractivity contribution >= 4 is 23.8 Å². The normalized spacial score (nSPS) is 18.8. The Morgan fingerprint density at radius 3 is 2.59 bits per heavy atom. The second-order valence-electron chi connectivity index (χ2n) is 3.34. The van der Waals surface area contributed by atoms with Gasteiger partial charge in [-0.25, -0.2) is 9.59 Å². The molecule has 1 saturated heterocycles. The van der Waals surface area contributed by atoms with Crippen LogP contribution in [-0.4, -0.2) is 41.5 Å². The van der Waals surface area contributed by atoms with E-state index < -0.39 is 17.9 Å². The van der Waals surface area contributed by atoms with Crippen LogP contribution in [0, 0.1) is 0 Å². The smallest absolute Gasteiger partial charge is 0.328 e. The van der Waals surface area contributed by atoms with E-state index in [1.54, 1.807) is 0 Å². The predicted octanol–water partition coefficient (Wildman–Crippen LogP) is -1.66. The number of nitrogens with one attached hydrogen (secondary N) is 3. The third-order valence-electron chi connectivity index (χ3n) is 1.93. The second-order valence-corrected chi connectivity index (χ2v) is 3.34. The van der Waals surface area contributed by atoms with Crippen molar-refractivity contribution in [2.75, 3.05) is 6.54 Å². The van der Waals surface area contributed by atoms with Gasteiger partial charge in [0.25, 0.3) is 5.91 Å². The van der Waals surface area contributed by atoms with Gasteiger partial charge in [-0.2, -0.15) is 0 Å². The Morgan fingerprint density at radius 1 is 1.35 bits per heavy atom. The van der Waals surface area contributed by atoms with E-state index in [0.717, 1.165) is 6.08 Å². The molecule has 0 bridgehead atoms. The standard InChI is InChI=1S/C9H11N3O5/c13-6(1-2-8(15)16)12-9(17)11-5-3-7(14)10-4-5/h1-2,5H,3-4H2,(H,10,14)(H,15,16)(H2,11,12,13,17)/b2-1+. The summed E-state index contributed by atoms with van der Waals surface area (Å²) in [5, 5.41) is 15.0. The molecule has 1 aliphatic heterocycles. The minimum absolute atomic E-state index is 0.159. The Kier molecular flexibility index (Phi) is 4.21. The first-order valence-electron chi connectivity index (χ1n) is 4.76. The van der Waals surface area contributed by atoms with Gasteiger partial charge in [0.15, 0.2) is 0 Å². The number of rotatable bonds is 3. The molecular weight excluding hydrogens is 230 g/mol. The average Bonchev–Trinajstić information content (AvgIpc) is 2.60. The van der Waals surface area contributed by atoms with Gasteiger partial charge in [-0.1, -0.05) is 0 Å². The third kappa shape index (κ3) is 4.78. The van der Waals surface area contributed by atoms with Gasteiger partial charge in [0, 0.05) is 25.1 Å². The van der Waals surface area contributed by atoms with Crippen LogP contribution in [0.1, 0.15) is 6.42 Å². The lowest BCUT2D eigenvalue weighted by molar-refractivity contribution is -0.131. The molecule has 0 saturated carbocycles. The highest BCUT2D eigenvalue weighted by molar-refractivity contribution is 6.02. The SMILES string of the molecule is O=C(O)/C=C/C(=O)NC(=O)NC1CNC(=O)C1. The van der Waals surface area contributed by atoms with Crippen molar-refractivity contribution in [1.29, 1.82) is 0 Å². The third-order valence-corrected chi connectivity index (χ3v) is 1.93. The summed E-state index contributed by atoms with van der Waals surface area (Å²) >= 11 is 0. The molecule has 8 heteroatoms. The van der Waals surface area contributed by atoms with Crippen LogP contribution in [0.5, 0.6) is 0 Å². The van der Waals surface area contributed by atoms with Crippen molar-refractivity contribution < 1.29 is 24.3 Å². The molecule has 1 heterocycles. The van der Waals surface area contributed by atoms with Crippen LogP contribution in [0.2, 0.25) is 0 Å². The van der Waals surface area contributed by atoms with Crippen molar-refractivity contribution in [3.8, 4) is 0 Å². The first-order chi connectivity index (χ1) is 7.97. The minimum atomic E-state index is -1.29. The highest BCUT2D eigenvalue weighted by Gasteiger charge is 2.23. The zero-order valence-corrected chi connectivity index (χ0v) is 8.73. The van der Waals surface area contributed by atoms with E-state index in [0.29, 0.717) is 12.6 Å². The highest BCUT2D eigenvalue weighted by atomic mass is 16.4. The van der Waals surface area contributed by atoms with Gasteiger partial charge in [-0.05, 0) is 0 Å². The van der Waals surface area contributed by atoms with Crippen LogP contribution in [0.25, 0.3) is 0 Å². The van der Waals surface area contributed by atoms with Gasteiger partial charge in [-0.15, -0.1) is 0 Å². The molecule has 0 aromatic heterocycles. The van der Waals surface area contributed by atoms with Crippen molar-refractivity contribution in [2.24, 2.45) is 0 Å². The van der Waals surface area contributed by atoms with Crippen molar-refractivity contribution in [3.63, 3.8) is 0 Å². The zero-order valence-electron chi connectivity index (χ0n) is 8.73. The van der Waals surface area contributed by atoms with E-state index in [9.17, 15) is 19.2 Å². The number of aliphatic carboxylic acids is 1. The van der Waals surface area contributed by atoms with E-state index in [-0.39, 0.29) is 18.4 Å². The Morgan fingerprint density at radius 2 is 2.06 bits per heavy atom. The van der Waals surface area contributed by atoms with Crippen LogP contribution >= 0.6 is 0 Å². The van der Waals surface area contributed by atoms with Crippen LogP contribution in [-0.2, 0) is 14.4 Å². The molecule has 1 atom stereocenters. The van der Waals surface area contributed by atoms with E-state index in [1.165, 1.54) is 0 Å². The number of carboxylic acids is 1. The number of hydrogen-bond donors (Lipinski definition) is 4. The summed E-state index contributed by atoms with van der Waals surface area (Å²) in [6.45, 7) is 0.311. The summed E-state index contributed by atoms with van der Waals surface area (Å²) in [5.41, 5.74) is 0. The Balaban J connectivity index is 2.32. The van der Waals surface area contributed by atoms with E-state index in [4.69, 9.17) is 5.11 Å². The van der Waals surface area contributed by atoms with Gasteiger partial charge in [0.05, 0.1) is 6.04 Å². The van der Waals surface area contributed by atoms with E-state index >= 15 is 0 Å². The number of carbonyl (C=O) groups is 4. The topological polar surface area (TPSA) is 125 Å². The lowest BCUT2D eigenvalue weighted by atomic mass is 10.2. The molecule has 1 fully saturated rings. The van der Waals surface area contributed by atoms with Gasteiger partial charge in [-0.3, -0.25) is 14.9 Å². The zero-order chi connectivity index (χ0) is 12.8.